The molecule has 0 radical (unpaired) electrons. The summed E-state index contributed by atoms with van der Waals surface area (Å²) < 4.78 is 5.82. The topological polar surface area (TPSA) is 59.2 Å². The van der Waals surface area contributed by atoms with Gasteiger partial charge in [0.15, 0.2) is 0 Å². The maximum Gasteiger partial charge on any atom is 0.254 e. The minimum atomic E-state index is 0.0123. The fourth-order valence-corrected chi connectivity index (χ4v) is 3.73. The van der Waals surface area contributed by atoms with Crippen molar-refractivity contribution in [3.63, 3.8) is 0 Å². The highest BCUT2D eigenvalue weighted by molar-refractivity contribution is 7.09. The number of rotatable bonds is 6. The molecule has 6 heteroatoms. The Morgan fingerprint density at radius 1 is 0.966 bits per heavy atom. The number of aryl methyl sites for hydroxylation is 1. The van der Waals surface area contributed by atoms with Crippen molar-refractivity contribution < 1.29 is 9.21 Å². The molecule has 0 saturated heterocycles. The minimum Gasteiger partial charge on any atom is -0.416 e. The van der Waals surface area contributed by atoms with Crippen molar-refractivity contribution in [2.45, 2.75) is 20.4 Å². The van der Waals surface area contributed by atoms with E-state index in [2.05, 4.69) is 10.2 Å². The third-order valence-electron chi connectivity index (χ3n) is 4.70. The lowest BCUT2D eigenvalue weighted by molar-refractivity contribution is 0.0754. The van der Waals surface area contributed by atoms with Crippen molar-refractivity contribution in [2.24, 2.45) is 0 Å². The summed E-state index contributed by atoms with van der Waals surface area (Å²) in [6.07, 6.45) is 0. The molecule has 146 valence electrons. The zero-order valence-corrected chi connectivity index (χ0v) is 17.1. The lowest BCUT2D eigenvalue weighted by Crippen LogP contribution is -2.29. The summed E-state index contributed by atoms with van der Waals surface area (Å²) in [5, 5.41) is 10.3. The average molecular weight is 404 g/mol. The van der Waals surface area contributed by atoms with Crippen molar-refractivity contribution in [3.8, 4) is 22.9 Å². The summed E-state index contributed by atoms with van der Waals surface area (Å²) in [7, 11) is 0. The Labute approximate surface area is 173 Å². The number of hydrogen-bond donors (Lipinski definition) is 0. The quantitative estimate of drug-likeness (QED) is 0.430. The van der Waals surface area contributed by atoms with Gasteiger partial charge in [-0.15, -0.1) is 21.5 Å². The summed E-state index contributed by atoms with van der Waals surface area (Å²) in [5.41, 5.74) is 3.49. The molecule has 2 aromatic carbocycles. The van der Waals surface area contributed by atoms with Crippen LogP contribution in [0.2, 0.25) is 0 Å². The van der Waals surface area contributed by atoms with Crippen LogP contribution in [0.15, 0.2) is 70.5 Å². The van der Waals surface area contributed by atoms with E-state index < -0.39 is 0 Å². The smallest absolute Gasteiger partial charge is 0.254 e. The molecule has 2 aromatic heterocycles. The maximum atomic E-state index is 12.8. The van der Waals surface area contributed by atoms with Crippen LogP contribution in [-0.4, -0.2) is 27.5 Å². The fourth-order valence-electron chi connectivity index (χ4n) is 3.01. The van der Waals surface area contributed by atoms with Crippen LogP contribution < -0.4 is 0 Å². The van der Waals surface area contributed by atoms with Crippen LogP contribution in [0.25, 0.3) is 22.9 Å². The second-order valence-electron chi connectivity index (χ2n) is 6.75. The summed E-state index contributed by atoms with van der Waals surface area (Å²) in [6.45, 7) is 5.30. The molecule has 4 aromatic rings. The van der Waals surface area contributed by atoms with Crippen molar-refractivity contribution in [2.75, 3.05) is 6.54 Å². The Bertz CT molecular complexity index is 1080. The third kappa shape index (κ3) is 4.27. The highest BCUT2D eigenvalue weighted by Gasteiger charge is 2.16. The number of carbonyl (C=O) groups excluding carboxylic acids is 1. The van der Waals surface area contributed by atoms with Crippen LogP contribution in [0.3, 0.4) is 0 Å². The predicted octanol–water partition coefficient (Wildman–Crippen LogP) is 5.44. The van der Waals surface area contributed by atoms with E-state index in [0.717, 1.165) is 11.1 Å². The van der Waals surface area contributed by atoms with Crippen LogP contribution in [0.4, 0.5) is 0 Å². The molecule has 4 rings (SSSR count). The van der Waals surface area contributed by atoms with Gasteiger partial charge in [0.25, 0.3) is 5.91 Å². The molecule has 0 N–H and O–H groups in total. The number of carbonyl (C=O) groups is 1. The number of hydrogen-bond acceptors (Lipinski definition) is 5. The molecule has 5 nitrogen and oxygen atoms in total. The summed E-state index contributed by atoms with van der Waals surface area (Å²) in [6, 6.07) is 19.3. The van der Waals surface area contributed by atoms with Crippen molar-refractivity contribution in [1.29, 1.82) is 0 Å². The number of amides is 1. The molecule has 0 aliphatic carbocycles. The standard InChI is InChI=1S/C23H21N3O2S/c1-3-26(15-20-5-4-14-29-20)23(27)19-12-10-18(11-13-19)22-25-24-21(28-22)17-8-6-16(2)7-9-17/h4-14H,3,15H2,1-2H3. The molecule has 0 aliphatic heterocycles. The first kappa shape index (κ1) is 19.1. The van der Waals surface area contributed by atoms with Gasteiger partial charge < -0.3 is 9.32 Å². The van der Waals surface area contributed by atoms with E-state index in [1.165, 1.54) is 10.4 Å². The van der Waals surface area contributed by atoms with Gasteiger partial charge in [-0.05, 0) is 61.7 Å². The zero-order valence-electron chi connectivity index (χ0n) is 16.3. The van der Waals surface area contributed by atoms with E-state index >= 15 is 0 Å². The van der Waals surface area contributed by atoms with E-state index in [0.29, 0.717) is 30.4 Å². The average Bonchev–Trinajstić information content (AvgIpc) is 3.44. The van der Waals surface area contributed by atoms with E-state index in [1.807, 2.05) is 84.8 Å². The van der Waals surface area contributed by atoms with Crippen molar-refractivity contribution >= 4 is 17.2 Å². The van der Waals surface area contributed by atoms with E-state index in [-0.39, 0.29) is 5.91 Å². The lowest BCUT2D eigenvalue weighted by Gasteiger charge is -2.20. The monoisotopic (exact) mass is 403 g/mol. The van der Waals surface area contributed by atoms with Crippen molar-refractivity contribution in [1.82, 2.24) is 15.1 Å². The fraction of sp³-hybridized carbons (Fsp3) is 0.174. The van der Waals surface area contributed by atoms with Gasteiger partial charge in [-0.1, -0.05) is 23.8 Å². The van der Waals surface area contributed by atoms with Gasteiger partial charge in [-0.2, -0.15) is 0 Å². The van der Waals surface area contributed by atoms with Crippen LogP contribution in [-0.2, 0) is 6.54 Å². The number of benzene rings is 2. The highest BCUT2D eigenvalue weighted by Crippen LogP contribution is 2.25. The highest BCUT2D eigenvalue weighted by atomic mass is 32.1. The van der Waals surface area contributed by atoms with E-state index in [9.17, 15) is 4.79 Å². The molecule has 1 amide bonds. The van der Waals surface area contributed by atoms with Crippen LogP contribution in [0.1, 0.15) is 27.7 Å². The maximum absolute atomic E-state index is 12.8. The Balaban J connectivity index is 1.50. The molecular weight excluding hydrogens is 382 g/mol. The van der Waals surface area contributed by atoms with Gasteiger partial charge in [0.05, 0.1) is 6.54 Å². The molecule has 0 bridgehead atoms. The van der Waals surface area contributed by atoms with Gasteiger partial charge in [0, 0.05) is 28.1 Å². The second-order valence-corrected chi connectivity index (χ2v) is 7.79. The van der Waals surface area contributed by atoms with Crippen LogP contribution in [0.5, 0.6) is 0 Å². The molecular formula is C23H21N3O2S. The van der Waals surface area contributed by atoms with E-state index in [4.69, 9.17) is 4.42 Å². The van der Waals surface area contributed by atoms with Crippen molar-refractivity contribution in [3.05, 3.63) is 82.0 Å². The molecule has 0 spiro atoms. The molecule has 0 aliphatic rings. The summed E-state index contributed by atoms with van der Waals surface area (Å²) >= 11 is 1.66. The molecule has 0 saturated carbocycles. The molecule has 2 heterocycles. The second kappa shape index (κ2) is 8.41. The Morgan fingerprint density at radius 3 is 2.14 bits per heavy atom. The Kier molecular flexibility index (Phi) is 5.53. The normalized spacial score (nSPS) is 10.8. The SMILES string of the molecule is CCN(Cc1cccs1)C(=O)c1ccc(-c2nnc(-c3ccc(C)cc3)o2)cc1. The predicted molar refractivity (Wildman–Crippen MR) is 115 cm³/mol. The van der Waals surface area contributed by atoms with Gasteiger partial charge in [0.2, 0.25) is 11.8 Å². The first-order chi connectivity index (χ1) is 14.1. The summed E-state index contributed by atoms with van der Waals surface area (Å²) in [5.74, 6) is 0.928. The number of aromatic nitrogens is 2. The van der Waals surface area contributed by atoms with E-state index in [1.54, 1.807) is 11.3 Å². The lowest BCUT2D eigenvalue weighted by atomic mass is 10.1. The number of thiophene rings is 1. The first-order valence-electron chi connectivity index (χ1n) is 9.46. The molecule has 0 unspecified atom stereocenters. The Hall–Kier alpha value is -3.25. The minimum absolute atomic E-state index is 0.0123. The molecule has 0 atom stereocenters. The largest absolute Gasteiger partial charge is 0.416 e. The summed E-state index contributed by atoms with van der Waals surface area (Å²) in [4.78, 5) is 15.9. The molecule has 29 heavy (non-hydrogen) atoms. The van der Waals surface area contributed by atoms with Gasteiger partial charge in [-0.25, -0.2) is 0 Å². The van der Waals surface area contributed by atoms with Gasteiger partial charge in [0.1, 0.15) is 0 Å². The van der Waals surface area contributed by atoms with Gasteiger partial charge in [-0.3, -0.25) is 4.79 Å². The van der Waals surface area contributed by atoms with Gasteiger partial charge >= 0.3 is 0 Å². The van der Waals surface area contributed by atoms with Crippen LogP contribution >= 0.6 is 11.3 Å². The number of nitrogens with zero attached hydrogens (tertiary/aromatic N) is 3. The first-order valence-corrected chi connectivity index (χ1v) is 10.3. The zero-order chi connectivity index (χ0) is 20.2. The van der Waals surface area contributed by atoms with Crippen LogP contribution in [0, 0.1) is 6.92 Å². The molecule has 0 fully saturated rings. The third-order valence-corrected chi connectivity index (χ3v) is 5.56. The Morgan fingerprint density at radius 2 is 1.59 bits per heavy atom.